The highest BCUT2D eigenvalue weighted by Crippen LogP contribution is 2.36. The summed E-state index contributed by atoms with van der Waals surface area (Å²) in [6.07, 6.45) is 2.77. The quantitative estimate of drug-likeness (QED) is 0.511. The zero-order valence-electron chi connectivity index (χ0n) is 20.0. The second-order valence-electron chi connectivity index (χ2n) is 8.74. The van der Waals surface area contributed by atoms with Crippen LogP contribution in [-0.2, 0) is 14.8 Å². The van der Waals surface area contributed by atoms with Crippen LogP contribution in [0.5, 0.6) is 5.88 Å². The number of amides is 1. The normalized spacial score (nSPS) is 17.2. The largest absolute Gasteiger partial charge is 0.481 e. The van der Waals surface area contributed by atoms with E-state index in [0.717, 1.165) is 54.2 Å². The lowest BCUT2D eigenvalue weighted by molar-refractivity contribution is -0.116. The maximum atomic E-state index is 12.7. The van der Waals surface area contributed by atoms with Crippen LogP contribution in [0.1, 0.15) is 6.42 Å². The van der Waals surface area contributed by atoms with Gasteiger partial charge in [0.15, 0.2) is 0 Å². The Bertz CT molecular complexity index is 1400. The average molecular weight is 529 g/mol. The van der Waals surface area contributed by atoms with Gasteiger partial charge in [0.25, 0.3) is 0 Å². The van der Waals surface area contributed by atoms with Gasteiger partial charge in [-0.25, -0.2) is 18.5 Å². The summed E-state index contributed by atoms with van der Waals surface area (Å²) in [7, 11) is -2.25. The van der Waals surface area contributed by atoms with Crippen LogP contribution in [0.25, 0.3) is 11.0 Å². The SMILES string of the molecule is COc1ccc2nccc(N3CCCN(CCN4C(=O)CSc5ccc(S(N)(=O)=O)cc54)CC3)c2n1. The van der Waals surface area contributed by atoms with E-state index in [1.165, 1.54) is 23.9 Å². The van der Waals surface area contributed by atoms with Crippen LogP contribution in [0.4, 0.5) is 11.4 Å². The van der Waals surface area contributed by atoms with Crippen molar-refractivity contribution in [3.63, 3.8) is 0 Å². The molecule has 190 valence electrons. The van der Waals surface area contributed by atoms with Gasteiger partial charge in [0, 0.05) is 49.9 Å². The molecule has 1 fully saturated rings. The number of benzene rings is 1. The molecule has 2 aliphatic rings. The van der Waals surface area contributed by atoms with Crippen molar-refractivity contribution >= 4 is 50.1 Å². The maximum Gasteiger partial charge on any atom is 0.238 e. The van der Waals surface area contributed by atoms with Gasteiger partial charge in [-0.1, -0.05) is 0 Å². The molecule has 2 N–H and O–H groups in total. The van der Waals surface area contributed by atoms with Crippen molar-refractivity contribution in [1.29, 1.82) is 0 Å². The Kier molecular flexibility index (Phi) is 7.02. The van der Waals surface area contributed by atoms with Crippen LogP contribution in [0.2, 0.25) is 0 Å². The minimum atomic E-state index is -3.85. The first-order valence-electron chi connectivity index (χ1n) is 11.7. The molecule has 4 heterocycles. The molecule has 0 radical (unpaired) electrons. The zero-order chi connectivity index (χ0) is 25.3. The predicted molar refractivity (Wildman–Crippen MR) is 140 cm³/mol. The van der Waals surface area contributed by atoms with Crippen LogP contribution in [0, 0.1) is 0 Å². The highest BCUT2D eigenvalue weighted by molar-refractivity contribution is 8.00. The van der Waals surface area contributed by atoms with E-state index in [0.29, 0.717) is 30.4 Å². The topological polar surface area (TPSA) is 122 Å². The van der Waals surface area contributed by atoms with E-state index in [-0.39, 0.29) is 10.8 Å². The molecule has 0 atom stereocenters. The number of methoxy groups -OCH3 is 1. The number of fused-ring (bicyclic) bond motifs is 2. The van der Waals surface area contributed by atoms with Gasteiger partial charge in [-0.05, 0) is 43.3 Å². The smallest absolute Gasteiger partial charge is 0.238 e. The summed E-state index contributed by atoms with van der Waals surface area (Å²) in [5.74, 6) is 0.864. The number of primary sulfonamides is 1. The van der Waals surface area contributed by atoms with Gasteiger partial charge in [-0.3, -0.25) is 14.7 Å². The summed E-state index contributed by atoms with van der Waals surface area (Å²) in [6.45, 7) is 4.60. The van der Waals surface area contributed by atoms with E-state index >= 15 is 0 Å². The molecule has 0 aliphatic carbocycles. The van der Waals surface area contributed by atoms with Gasteiger partial charge in [0.1, 0.15) is 5.52 Å². The highest BCUT2D eigenvalue weighted by atomic mass is 32.2. The van der Waals surface area contributed by atoms with Crippen molar-refractivity contribution in [2.45, 2.75) is 16.2 Å². The summed E-state index contributed by atoms with van der Waals surface area (Å²) in [6, 6.07) is 10.5. The van der Waals surface area contributed by atoms with Crippen molar-refractivity contribution in [2.24, 2.45) is 5.14 Å². The summed E-state index contributed by atoms with van der Waals surface area (Å²) >= 11 is 1.42. The fourth-order valence-corrected chi connectivity index (χ4v) is 6.09. The van der Waals surface area contributed by atoms with E-state index in [1.807, 2.05) is 24.4 Å². The van der Waals surface area contributed by atoms with Crippen LogP contribution in [-0.4, -0.2) is 81.3 Å². The Labute approximate surface area is 214 Å². The van der Waals surface area contributed by atoms with Crippen LogP contribution < -0.4 is 19.7 Å². The number of sulfonamides is 1. The second-order valence-corrected chi connectivity index (χ2v) is 11.3. The first-order chi connectivity index (χ1) is 17.3. The monoisotopic (exact) mass is 528 g/mol. The third-order valence-corrected chi connectivity index (χ3v) is 8.48. The second kappa shape index (κ2) is 10.2. The van der Waals surface area contributed by atoms with E-state index < -0.39 is 10.0 Å². The number of ether oxygens (including phenoxy) is 1. The molecule has 1 amide bonds. The number of anilines is 2. The lowest BCUT2D eigenvalue weighted by atomic mass is 10.2. The molecule has 5 rings (SSSR count). The Morgan fingerprint density at radius 2 is 1.92 bits per heavy atom. The molecule has 2 aliphatic heterocycles. The molecule has 1 aromatic carbocycles. The molecule has 0 bridgehead atoms. The highest BCUT2D eigenvalue weighted by Gasteiger charge is 2.27. The van der Waals surface area contributed by atoms with Crippen molar-refractivity contribution in [1.82, 2.24) is 14.9 Å². The fourth-order valence-electron chi connectivity index (χ4n) is 4.64. The van der Waals surface area contributed by atoms with Crippen LogP contribution in [0.15, 0.2) is 52.4 Å². The number of nitrogens with two attached hydrogens (primary N) is 1. The third kappa shape index (κ3) is 5.12. The van der Waals surface area contributed by atoms with Gasteiger partial charge in [-0.2, -0.15) is 0 Å². The number of pyridine rings is 2. The van der Waals surface area contributed by atoms with Crippen LogP contribution >= 0.6 is 11.8 Å². The first-order valence-corrected chi connectivity index (χ1v) is 14.2. The Hall–Kier alpha value is -2.93. The molecule has 36 heavy (non-hydrogen) atoms. The number of carbonyl (C=O) groups is 1. The molecule has 12 heteroatoms. The van der Waals surface area contributed by atoms with E-state index in [9.17, 15) is 13.2 Å². The summed E-state index contributed by atoms with van der Waals surface area (Å²) in [5, 5.41) is 5.32. The van der Waals surface area contributed by atoms with Gasteiger partial charge < -0.3 is 14.5 Å². The van der Waals surface area contributed by atoms with E-state index in [2.05, 4.69) is 19.8 Å². The molecule has 3 aromatic rings. The first kappa shape index (κ1) is 24.8. The summed E-state index contributed by atoms with van der Waals surface area (Å²) in [4.78, 5) is 29.1. The number of thioether (sulfide) groups is 1. The van der Waals surface area contributed by atoms with E-state index in [4.69, 9.17) is 9.88 Å². The van der Waals surface area contributed by atoms with Crippen molar-refractivity contribution < 1.29 is 17.9 Å². The fraction of sp³-hybridized carbons (Fsp3) is 0.375. The minimum absolute atomic E-state index is 0.0155. The maximum absolute atomic E-state index is 12.7. The molecule has 0 saturated carbocycles. The lowest BCUT2D eigenvalue weighted by Crippen LogP contribution is -2.42. The number of hydrogen-bond donors (Lipinski definition) is 1. The van der Waals surface area contributed by atoms with E-state index in [1.54, 1.807) is 18.1 Å². The molecular formula is C24H28N6O4S2. The lowest BCUT2D eigenvalue weighted by Gasteiger charge is -2.31. The molecule has 1 saturated heterocycles. The van der Waals surface area contributed by atoms with Gasteiger partial charge in [0.05, 0.1) is 34.6 Å². The number of aromatic nitrogens is 2. The predicted octanol–water partition coefficient (Wildman–Crippen LogP) is 1.94. The number of hydrogen-bond acceptors (Lipinski definition) is 9. The average Bonchev–Trinajstić information content (AvgIpc) is 3.12. The van der Waals surface area contributed by atoms with Crippen LogP contribution in [0.3, 0.4) is 0 Å². The molecule has 10 nitrogen and oxygen atoms in total. The Balaban J connectivity index is 1.29. The standard InChI is InChI=1S/C24H28N6O4S2/c1-34-22-6-4-18-24(27-22)19(7-8-26-18)29-10-2-9-28(11-13-29)12-14-30-20-15-17(36(25,32)33)3-5-21(20)35-16-23(30)31/h3-8,15H,2,9-14,16H2,1H3,(H2,25,32,33). The van der Waals surface area contributed by atoms with Crippen molar-refractivity contribution in [2.75, 3.05) is 61.9 Å². The number of rotatable bonds is 6. The molecular weight excluding hydrogens is 500 g/mol. The number of nitrogens with zero attached hydrogens (tertiary/aromatic N) is 5. The van der Waals surface area contributed by atoms with Gasteiger partial charge in [-0.15, -0.1) is 11.8 Å². The zero-order valence-corrected chi connectivity index (χ0v) is 21.6. The Morgan fingerprint density at radius 1 is 1.06 bits per heavy atom. The summed E-state index contributed by atoms with van der Waals surface area (Å²) < 4.78 is 29.0. The summed E-state index contributed by atoms with van der Waals surface area (Å²) in [5.41, 5.74) is 3.30. The number of carbonyl (C=O) groups excluding carboxylic acids is 1. The van der Waals surface area contributed by atoms with Crippen molar-refractivity contribution in [3.05, 3.63) is 42.6 Å². The Morgan fingerprint density at radius 3 is 2.72 bits per heavy atom. The molecule has 2 aromatic heterocycles. The third-order valence-electron chi connectivity index (χ3n) is 6.52. The van der Waals surface area contributed by atoms with Gasteiger partial charge >= 0.3 is 0 Å². The van der Waals surface area contributed by atoms with Gasteiger partial charge in [0.2, 0.25) is 21.8 Å². The molecule has 0 spiro atoms. The minimum Gasteiger partial charge on any atom is -0.481 e. The van der Waals surface area contributed by atoms with Crippen molar-refractivity contribution in [3.8, 4) is 5.88 Å². The molecule has 0 unspecified atom stereocenters.